The van der Waals surface area contributed by atoms with Crippen molar-refractivity contribution < 1.29 is 0 Å². The van der Waals surface area contributed by atoms with Crippen molar-refractivity contribution in [3.8, 4) is 0 Å². The first-order valence-corrected chi connectivity index (χ1v) is 3.98. The van der Waals surface area contributed by atoms with Crippen LogP contribution in [0.15, 0.2) is 6.07 Å². The average Bonchev–Trinajstić information content (AvgIpc) is 2.29. The van der Waals surface area contributed by atoms with Crippen molar-refractivity contribution in [2.24, 2.45) is 0 Å². The molecule has 0 radical (unpaired) electrons. The van der Waals surface area contributed by atoms with Crippen LogP contribution in [0.4, 0.5) is 0 Å². The molecule has 0 aliphatic heterocycles. The third-order valence-corrected chi connectivity index (χ3v) is 1.81. The Morgan fingerprint density at radius 3 is 2.83 bits per heavy atom. The summed E-state index contributed by atoms with van der Waals surface area (Å²) in [6.45, 7) is 1.76. The highest BCUT2D eigenvalue weighted by Crippen LogP contribution is 2.14. The predicted octanol–water partition coefficient (Wildman–Crippen LogP) is 1.74. The maximum absolute atomic E-state index is 5.81. The van der Waals surface area contributed by atoms with E-state index in [9.17, 15) is 0 Å². The van der Waals surface area contributed by atoms with Crippen molar-refractivity contribution in [1.82, 2.24) is 19.6 Å². The highest BCUT2D eigenvalue weighted by Gasteiger charge is 2.05. The highest BCUT2D eigenvalue weighted by molar-refractivity contribution is 6.33. The van der Waals surface area contributed by atoms with Crippen LogP contribution < -0.4 is 0 Å². The van der Waals surface area contributed by atoms with E-state index in [1.807, 2.05) is 0 Å². The summed E-state index contributed by atoms with van der Waals surface area (Å²) in [5, 5.41) is 4.73. The molecule has 0 N–H and O–H groups in total. The van der Waals surface area contributed by atoms with Crippen LogP contribution >= 0.6 is 23.2 Å². The molecule has 62 valence electrons. The van der Waals surface area contributed by atoms with Crippen molar-refractivity contribution in [2.45, 2.75) is 6.92 Å². The minimum absolute atomic E-state index is 0.319. The van der Waals surface area contributed by atoms with Crippen LogP contribution in [0.3, 0.4) is 0 Å². The molecule has 0 bridgehead atoms. The predicted molar refractivity (Wildman–Crippen MR) is 45.5 cm³/mol. The van der Waals surface area contributed by atoms with Crippen LogP contribution in [0.25, 0.3) is 5.78 Å². The number of halogens is 2. The van der Waals surface area contributed by atoms with Gasteiger partial charge in [0.1, 0.15) is 16.1 Å². The second kappa shape index (κ2) is 2.57. The van der Waals surface area contributed by atoms with Crippen molar-refractivity contribution in [1.29, 1.82) is 0 Å². The number of aromatic nitrogens is 4. The fraction of sp³-hybridized carbons (Fsp3) is 0.167. The molecule has 0 fully saturated rings. The van der Waals surface area contributed by atoms with Gasteiger partial charge in [-0.05, 0) is 6.92 Å². The van der Waals surface area contributed by atoms with Gasteiger partial charge < -0.3 is 0 Å². The molecule has 2 aromatic heterocycles. The molecule has 0 aliphatic carbocycles. The fourth-order valence-electron chi connectivity index (χ4n) is 0.907. The quantitative estimate of drug-likeness (QED) is 0.612. The van der Waals surface area contributed by atoms with Gasteiger partial charge >= 0.3 is 0 Å². The van der Waals surface area contributed by atoms with Crippen LogP contribution in [0.5, 0.6) is 0 Å². The molecule has 0 aromatic carbocycles. The Labute approximate surface area is 78.1 Å². The molecular weight excluding hydrogens is 199 g/mol. The largest absolute Gasteiger partial charge is 0.255 e. The molecule has 0 amide bonds. The molecule has 0 spiro atoms. The summed E-state index contributed by atoms with van der Waals surface area (Å²) in [6, 6.07) is 1.52. The van der Waals surface area contributed by atoms with E-state index >= 15 is 0 Å². The van der Waals surface area contributed by atoms with E-state index in [1.54, 1.807) is 6.92 Å². The molecule has 6 heteroatoms. The molecule has 2 rings (SSSR count). The minimum atomic E-state index is 0.319. The first-order chi connectivity index (χ1) is 5.66. The molecule has 0 atom stereocenters. The van der Waals surface area contributed by atoms with E-state index < -0.39 is 0 Å². The maximum Gasteiger partial charge on any atom is 0.255 e. The zero-order valence-electron chi connectivity index (χ0n) is 6.12. The lowest BCUT2D eigenvalue weighted by Gasteiger charge is -1.93. The SMILES string of the molecule is Cc1nc2nc(Cl)cc(Cl)n2n1. The summed E-state index contributed by atoms with van der Waals surface area (Å²) in [5.74, 6) is 1.04. The highest BCUT2D eigenvalue weighted by atomic mass is 35.5. The maximum atomic E-state index is 5.81. The van der Waals surface area contributed by atoms with E-state index in [2.05, 4.69) is 15.1 Å². The number of fused-ring (bicyclic) bond motifs is 1. The van der Waals surface area contributed by atoms with Crippen molar-refractivity contribution in [3.05, 3.63) is 22.2 Å². The van der Waals surface area contributed by atoms with E-state index in [1.165, 1.54) is 10.6 Å². The molecule has 2 heterocycles. The Balaban J connectivity index is 2.88. The summed E-state index contributed by atoms with van der Waals surface area (Å²) in [5.41, 5.74) is 0. The van der Waals surface area contributed by atoms with Gasteiger partial charge in [0.05, 0.1) is 0 Å². The van der Waals surface area contributed by atoms with Crippen molar-refractivity contribution in [2.75, 3.05) is 0 Å². The molecule has 0 unspecified atom stereocenters. The number of hydrogen-bond acceptors (Lipinski definition) is 3. The summed E-state index contributed by atoms with van der Waals surface area (Å²) < 4.78 is 1.43. The van der Waals surface area contributed by atoms with Gasteiger partial charge in [0, 0.05) is 6.07 Å². The van der Waals surface area contributed by atoms with Gasteiger partial charge in [-0.1, -0.05) is 23.2 Å². The van der Waals surface area contributed by atoms with Gasteiger partial charge in [-0.2, -0.15) is 14.5 Å². The van der Waals surface area contributed by atoms with Gasteiger partial charge in [0.15, 0.2) is 0 Å². The van der Waals surface area contributed by atoms with Crippen LogP contribution in [-0.4, -0.2) is 19.6 Å². The molecule has 0 saturated heterocycles. The van der Waals surface area contributed by atoms with Crippen LogP contribution in [-0.2, 0) is 0 Å². The minimum Gasteiger partial charge on any atom is -0.199 e. The van der Waals surface area contributed by atoms with Gasteiger partial charge in [0.25, 0.3) is 5.78 Å². The standard InChI is InChI=1S/C6H4Cl2N4/c1-3-9-6-10-4(7)2-5(8)12(6)11-3/h2H,1H3. The number of nitrogens with zero attached hydrogens (tertiary/aromatic N) is 4. The average molecular weight is 203 g/mol. The van der Waals surface area contributed by atoms with E-state index in [0.29, 0.717) is 21.9 Å². The lowest BCUT2D eigenvalue weighted by molar-refractivity contribution is 0.917. The van der Waals surface area contributed by atoms with Crippen molar-refractivity contribution in [3.63, 3.8) is 0 Å². The summed E-state index contributed by atoms with van der Waals surface area (Å²) in [6.07, 6.45) is 0. The molecule has 4 nitrogen and oxygen atoms in total. The van der Waals surface area contributed by atoms with Crippen LogP contribution in [0.2, 0.25) is 10.3 Å². The van der Waals surface area contributed by atoms with Gasteiger partial charge in [-0.25, -0.2) is 0 Å². The first kappa shape index (κ1) is 7.76. The third-order valence-electron chi connectivity index (χ3n) is 1.34. The Morgan fingerprint density at radius 2 is 2.08 bits per heavy atom. The molecule has 0 saturated carbocycles. The Kier molecular flexibility index (Phi) is 1.66. The van der Waals surface area contributed by atoms with Crippen molar-refractivity contribution >= 4 is 29.0 Å². The fourth-order valence-corrected chi connectivity index (χ4v) is 1.36. The second-order valence-electron chi connectivity index (χ2n) is 2.27. The van der Waals surface area contributed by atoms with E-state index in [-0.39, 0.29) is 0 Å². The molecular formula is C6H4Cl2N4. The Hall–Kier alpha value is -0.870. The van der Waals surface area contributed by atoms with Crippen LogP contribution in [0.1, 0.15) is 5.82 Å². The lowest BCUT2D eigenvalue weighted by atomic mass is 10.7. The monoisotopic (exact) mass is 202 g/mol. The molecule has 0 aliphatic rings. The van der Waals surface area contributed by atoms with E-state index in [0.717, 1.165) is 0 Å². The number of hydrogen-bond donors (Lipinski definition) is 0. The molecule has 2 aromatic rings. The second-order valence-corrected chi connectivity index (χ2v) is 3.05. The summed E-state index contributed by atoms with van der Waals surface area (Å²) in [4.78, 5) is 7.93. The zero-order valence-corrected chi connectivity index (χ0v) is 7.63. The lowest BCUT2D eigenvalue weighted by Crippen LogP contribution is -1.92. The Bertz CT molecular complexity index is 436. The van der Waals surface area contributed by atoms with Crippen LogP contribution in [0, 0.1) is 6.92 Å². The molecule has 12 heavy (non-hydrogen) atoms. The zero-order chi connectivity index (χ0) is 8.72. The number of rotatable bonds is 0. The van der Waals surface area contributed by atoms with Gasteiger partial charge in [0.2, 0.25) is 0 Å². The first-order valence-electron chi connectivity index (χ1n) is 3.22. The topological polar surface area (TPSA) is 43.1 Å². The van der Waals surface area contributed by atoms with Gasteiger partial charge in [-0.3, -0.25) is 0 Å². The third kappa shape index (κ3) is 1.13. The smallest absolute Gasteiger partial charge is 0.199 e. The summed E-state index contributed by atoms with van der Waals surface area (Å²) in [7, 11) is 0. The number of aryl methyl sites for hydroxylation is 1. The normalized spacial score (nSPS) is 10.9. The van der Waals surface area contributed by atoms with Gasteiger partial charge in [-0.15, -0.1) is 5.10 Å². The van der Waals surface area contributed by atoms with E-state index in [4.69, 9.17) is 23.2 Å². The Morgan fingerprint density at radius 1 is 1.33 bits per heavy atom. The summed E-state index contributed by atoms with van der Waals surface area (Å²) >= 11 is 11.5.